The number of aromatic nitrogens is 1. The van der Waals surface area contributed by atoms with E-state index in [1.807, 2.05) is 0 Å². The molecule has 2 aromatic rings. The second-order valence-electron chi connectivity index (χ2n) is 6.75. The van der Waals surface area contributed by atoms with Crippen molar-refractivity contribution in [1.82, 2.24) is 4.98 Å². The second kappa shape index (κ2) is 6.44. The van der Waals surface area contributed by atoms with E-state index in [-0.39, 0.29) is 24.0 Å². The van der Waals surface area contributed by atoms with Crippen molar-refractivity contribution in [1.29, 1.82) is 0 Å². The zero-order valence-corrected chi connectivity index (χ0v) is 15.4. The van der Waals surface area contributed by atoms with Gasteiger partial charge in [-0.25, -0.2) is 9.38 Å². The SMILES string of the molecule is C[C@]1(c2cc3c(cc2F)OCC(c2ccc(Cl)cn2)N3)N=C(N)OCC1(F)F. The van der Waals surface area contributed by atoms with Gasteiger partial charge in [0.2, 0.25) is 0 Å². The molecule has 2 atom stereocenters. The highest BCUT2D eigenvalue weighted by Crippen LogP contribution is 2.47. The Bertz CT molecular complexity index is 955. The van der Waals surface area contributed by atoms with Crippen LogP contribution in [0, 0.1) is 5.82 Å². The van der Waals surface area contributed by atoms with Crippen LogP contribution in [0.15, 0.2) is 35.5 Å². The third-order valence-corrected chi connectivity index (χ3v) is 5.11. The van der Waals surface area contributed by atoms with Crippen molar-refractivity contribution < 1.29 is 22.6 Å². The molecule has 3 heterocycles. The van der Waals surface area contributed by atoms with Crippen molar-refractivity contribution in [3.63, 3.8) is 0 Å². The van der Waals surface area contributed by atoms with Gasteiger partial charge >= 0.3 is 5.92 Å². The highest BCUT2D eigenvalue weighted by atomic mass is 35.5. The minimum Gasteiger partial charge on any atom is -0.489 e. The molecule has 6 nitrogen and oxygen atoms in total. The van der Waals surface area contributed by atoms with E-state index in [0.29, 0.717) is 16.4 Å². The first kappa shape index (κ1) is 18.7. The lowest BCUT2D eigenvalue weighted by molar-refractivity contribution is -0.117. The lowest BCUT2D eigenvalue weighted by atomic mass is 9.84. The number of halogens is 4. The van der Waals surface area contributed by atoms with Crippen LogP contribution in [0.25, 0.3) is 0 Å². The molecule has 2 aliphatic heterocycles. The lowest BCUT2D eigenvalue weighted by Gasteiger charge is -2.38. The molecule has 1 aromatic carbocycles. The predicted molar refractivity (Wildman–Crippen MR) is 97.4 cm³/mol. The molecule has 0 saturated heterocycles. The van der Waals surface area contributed by atoms with Crippen LogP contribution in [-0.2, 0) is 10.3 Å². The van der Waals surface area contributed by atoms with Gasteiger partial charge < -0.3 is 20.5 Å². The maximum absolute atomic E-state index is 14.7. The molecule has 0 saturated carbocycles. The Morgan fingerprint density at radius 1 is 1.29 bits per heavy atom. The molecule has 4 rings (SSSR count). The van der Waals surface area contributed by atoms with Gasteiger partial charge in [0, 0.05) is 17.8 Å². The summed E-state index contributed by atoms with van der Waals surface area (Å²) in [6.07, 6.45) is 1.49. The molecule has 1 unspecified atom stereocenters. The van der Waals surface area contributed by atoms with E-state index in [9.17, 15) is 13.2 Å². The summed E-state index contributed by atoms with van der Waals surface area (Å²) in [5.41, 5.74) is 3.94. The van der Waals surface area contributed by atoms with Gasteiger partial charge in [-0.15, -0.1) is 0 Å². The minimum absolute atomic E-state index is 0.187. The largest absolute Gasteiger partial charge is 0.489 e. The number of hydrogen-bond acceptors (Lipinski definition) is 6. The first-order chi connectivity index (χ1) is 13.2. The van der Waals surface area contributed by atoms with Gasteiger partial charge in [-0.1, -0.05) is 11.6 Å². The molecule has 148 valence electrons. The number of rotatable bonds is 2. The van der Waals surface area contributed by atoms with Crippen molar-refractivity contribution >= 4 is 23.3 Å². The number of nitrogens with two attached hydrogens (primary N) is 1. The number of alkyl halides is 2. The molecular weight excluding hydrogens is 397 g/mol. The molecule has 0 spiro atoms. The maximum Gasteiger partial charge on any atom is 0.310 e. The number of fused-ring (bicyclic) bond motifs is 1. The lowest BCUT2D eigenvalue weighted by Crippen LogP contribution is -2.51. The highest BCUT2D eigenvalue weighted by Gasteiger charge is 2.56. The number of anilines is 1. The number of nitrogens with one attached hydrogen (secondary N) is 1. The van der Waals surface area contributed by atoms with Crippen LogP contribution in [0.2, 0.25) is 5.02 Å². The van der Waals surface area contributed by atoms with Gasteiger partial charge in [0.1, 0.15) is 24.2 Å². The number of benzene rings is 1. The fourth-order valence-corrected chi connectivity index (χ4v) is 3.32. The summed E-state index contributed by atoms with van der Waals surface area (Å²) < 4.78 is 54.1. The van der Waals surface area contributed by atoms with Gasteiger partial charge in [-0.05, 0) is 25.1 Å². The Hall–Kier alpha value is -2.68. The fraction of sp³-hybridized carbons (Fsp3) is 0.333. The summed E-state index contributed by atoms with van der Waals surface area (Å²) in [7, 11) is 0. The van der Waals surface area contributed by atoms with Crippen molar-refractivity contribution in [2.24, 2.45) is 10.7 Å². The van der Waals surface area contributed by atoms with Crippen LogP contribution in [-0.4, -0.2) is 30.1 Å². The second-order valence-corrected chi connectivity index (χ2v) is 7.19. The van der Waals surface area contributed by atoms with Crippen molar-refractivity contribution in [3.05, 3.63) is 52.6 Å². The van der Waals surface area contributed by atoms with E-state index in [2.05, 4.69) is 20.0 Å². The molecule has 0 amide bonds. The number of amidine groups is 1. The third-order valence-electron chi connectivity index (χ3n) is 4.88. The molecule has 0 bridgehead atoms. The Labute approximate surface area is 163 Å². The van der Waals surface area contributed by atoms with Crippen LogP contribution in [0.1, 0.15) is 24.2 Å². The van der Waals surface area contributed by atoms with Crippen LogP contribution in [0.5, 0.6) is 5.75 Å². The van der Waals surface area contributed by atoms with Gasteiger partial charge in [0.15, 0.2) is 12.1 Å². The predicted octanol–water partition coefficient (Wildman–Crippen LogP) is 3.62. The van der Waals surface area contributed by atoms with Gasteiger partial charge in [-0.3, -0.25) is 4.98 Å². The molecule has 3 N–H and O–H groups in total. The average molecular weight is 413 g/mol. The smallest absolute Gasteiger partial charge is 0.310 e. The van der Waals surface area contributed by atoms with Gasteiger partial charge in [-0.2, -0.15) is 8.78 Å². The summed E-state index contributed by atoms with van der Waals surface area (Å²) in [4.78, 5) is 7.95. The first-order valence-electron chi connectivity index (χ1n) is 8.40. The van der Waals surface area contributed by atoms with Crippen molar-refractivity contribution in [2.75, 3.05) is 18.5 Å². The molecule has 0 fully saturated rings. The maximum atomic E-state index is 14.7. The molecule has 10 heteroatoms. The summed E-state index contributed by atoms with van der Waals surface area (Å²) in [6.45, 7) is 0.318. The summed E-state index contributed by atoms with van der Waals surface area (Å²) in [6, 6.07) is 4.95. The number of nitrogens with zero attached hydrogens (tertiary/aromatic N) is 2. The molecule has 1 aromatic heterocycles. The van der Waals surface area contributed by atoms with E-state index in [1.165, 1.54) is 12.3 Å². The summed E-state index contributed by atoms with van der Waals surface area (Å²) >= 11 is 5.85. The third kappa shape index (κ3) is 2.99. The van der Waals surface area contributed by atoms with E-state index in [4.69, 9.17) is 22.1 Å². The number of hydrogen-bond donors (Lipinski definition) is 2. The molecule has 28 heavy (non-hydrogen) atoms. The topological polar surface area (TPSA) is 81.8 Å². The number of aliphatic imine (C=N–C) groups is 1. The standard InChI is InChI=1S/C18H16ClF3N4O2/c1-17(18(21,22)8-28-16(23)26-17)10-4-13-15(5-11(10)20)27-7-14(25-13)12-3-2-9(19)6-24-12/h2-6,14,25H,7-8H2,1H3,(H2,23,26)/t14?,17-/m1/s1. The first-order valence-corrected chi connectivity index (χ1v) is 8.78. The Kier molecular flexibility index (Phi) is 4.29. The van der Waals surface area contributed by atoms with Gasteiger partial charge in [0.05, 0.1) is 16.4 Å². The van der Waals surface area contributed by atoms with Gasteiger partial charge in [0.25, 0.3) is 6.02 Å². The molecule has 0 radical (unpaired) electrons. The van der Waals surface area contributed by atoms with E-state index >= 15 is 0 Å². The Morgan fingerprint density at radius 3 is 2.79 bits per heavy atom. The van der Waals surface area contributed by atoms with Crippen LogP contribution >= 0.6 is 11.6 Å². The zero-order valence-electron chi connectivity index (χ0n) is 14.7. The number of ether oxygens (including phenoxy) is 2. The molecule has 0 aliphatic carbocycles. The van der Waals surface area contributed by atoms with Crippen molar-refractivity contribution in [2.45, 2.75) is 24.4 Å². The highest BCUT2D eigenvalue weighted by molar-refractivity contribution is 6.30. The van der Waals surface area contributed by atoms with Crippen LogP contribution in [0.4, 0.5) is 18.9 Å². The zero-order chi connectivity index (χ0) is 20.1. The molecule has 2 aliphatic rings. The van der Waals surface area contributed by atoms with E-state index in [1.54, 1.807) is 12.1 Å². The summed E-state index contributed by atoms with van der Waals surface area (Å²) in [5, 5.41) is 3.62. The monoisotopic (exact) mass is 412 g/mol. The van der Waals surface area contributed by atoms with E-state index < -0.39 is 29.9 Å². The summed E-state index contributed by atoms with van der Waals surface area (Å²) in [5.74, 6) is -4.12. The number of pyridine rings is 1. The minimum atomic E-state index is -3.46. The quantitative estimate of drug-likeness (QED) is 0.787. The van der Waals surface area contributed by atoms with Crippen LogP contribution < -0.4 is 15.8 Å². The van der Waals surface area contributed by atoms with E-state index in [0.717, 1.165) is 13.0 Å². The van der Waals surface area contributed by atoms with Crippen LogP contribution in [0.3, 0.4) is 0 Å². The normalized spacial score (nSPS) is 25.6. The Balaban J connectivity index is 1.74. The molecular formula is C18H16ClF3N4O2. The Morgan fingerprint density at radius 2 is 2.07 bits per heavy atom. The fourth-order valence-electron chi connectivity index (χ4n) is 3.21. The average Bonchev–Trinajstić information content (AvgIpc) is 2.65. The van der Waals surface area contributed by atoms with Crippen molar-refractivity contribution in [3.8, 4) is 5.75 Å².